The van der Waals surface area contributed by atoms with Crippen LogP contribution in [-0.4, -0.2) is 16.1 Å². The molecular weight excluding hydrogens is 238 g/mol. The first-order valence-corrected chi connectivity index (χ1v) is 6.59. The van der Waals surface area contributed by atoms with Crippen molar-refractivity contribution in [1.29, 1.82) is 0 Å². The van der Waals surface area contributed by atoms with E-state index < -0.39 is 0 Å². The summed E-state index contributed by atoms with van der Waals surface area (Å²) in [6.07, 6.45) is 4.64. The lowest BCUT2D eigenvalue weighted by Crippen LogP contribution is -2.46. The fraction of sp³-hybridized carbons (Fsp3) is 0.333. The zero-order chi connectivity index (χ0) is 13.3. The number of H-pyrrole nitrogens is 1. The molecule has 4 heteroatoms. The van der Waals surface area contributed by atoms with Crippen molar-refractivity contribution in [3.8, 4) is 0 Å². The van der Waals surface area contributed by atoms with Gasteiger partial charge in [-0.05, 0) is 25.3 Å². The van der Waals surface area contributed by atoms with Crippen LogP contribution in [0, 0.1) is 6.92 Å². The molecule has 1 aliphatic rings. The summed E-state index contributed by atoms with van der Waals surface area (Å²) in [6, 6.07) is 10.0. The van der Waals surface area contributed by atoms with Crippen molar-refractivity contribution in [2.24, 2.45) is 0 Å². The fourth-order valence-corrected chi connectivity index (χ4v) is 2.64. The molecular formula is C15H17N3O. The predicted octanol–water partition coefficient (Wildman–Crippen LogP) is 2.78. The Kier molecular flexibility index (Phi) is 2.85. The zero-order valence-electron chi connectivity index (χ0n) is 10.9. The van der Waals surface area contributed by atoms with E-state index in [1.165, 1.54) is 0 Å². The molecule has 1 heterocycles. The lowest BCUT2D eigenvalue weighted by molar-refractivity contribution is -0.124. The van der Waals surface area contributed by atoms with E-state index in [9.17, 15) is 4.79 Å². The van der Waals surface area contributed by atoms with Gasteiger partial charge in [0.25, 0.3) is 0 Å². The summed E-state index contributed by atoms with van der Waals surface area (Å²) < 4.78 is 0. The number of carbonyl (C=O) groups is 1. The van der Waals surface area contributed by atoms with Gasteiger partial charge in [0.1, 0.15) is 5.82 Å². The van der Waals surface area contributed by atoms with E-state index >= 15 is 0 Å². The van der Waals surface area contributed by atoms with Crippen LogP contribution in [0.5, 0.6) is 0 Å². The van der Waals surface area contributed by atoms with Gasteiger partial charge in [0.15, 0.2) is 0 Å². The van der Waals surface area contributed by atoms with Gasteiger partial charge in [0, 0.05) is 5.56 Å². The number of amides is 1. The number of nitrogens with one attached hydrogen (secondary N) is 2. The summed E-state index contributed by atoms with van der Waals surface area (Å²) >= 11 is 0. The first-order valence-electron chi connectivity index (χ1n) is 6.59. The molecule has 19 heavy (non-hydrogen) atoms. The summed E-state index contributed by atoms with van der Waals surface area (Å²) in [4.78, 5) is 12.6. The van der Waals surface area contributed by atoms with Crippen molar-refractivity contribution in [2.45, 2.75) is 31.6 Å². The van der Waals surface area contributed by atoms with Gasteiger partial charge in [0.05, 0.1) is 11.6 Å². The SMILES string of the molecule is Cc1cn[nH]c1NC(=O)C1(c2ccccc2)CCC1. The topological polar surface area (TPSA) is 57.8 Å². The molecule has 98 valence electrons. The molecule has 1 fully saturated rings. The molecule has 4 nitrogen and oxygen atoms in total. The van der Waals surface area contributed by atoms with Crippen molar-refractivity contribution in [3.63, 3.8) is 0 Å². The van der Waals surface area contributed by atoms with Gasteiger partial charge in [-0.1, -0.05) is 36.8 Å². The summed E-state index contributed by atoms with van der Waals surface area (Å²) in [7, 11) is 0. The highest BCUT2D eigenvalue weighted by Gasteiger charge is 2.45. The largest absolute Gasteiger partial charge is 0.310 e. The smallest absolute Gasteiger partial charge is 0.236 e. The van der Waals surface area contributed by atoms with Crippen LogP contribution in [0.4, 0.5) is 5.82 Å². The molecule has 3 rings (SSSR count). The highest BCUT2D eigenvalue weighted by Crippen LogP contribution is 2.44. The van der Waals surface area contributed by atoms with Crippen LogP contribution >= 0.6 is 0 Å². The van der Waals surface area contributed by atoms with E-state index in [0.29, 0.717) is 5.82 Å². The Labute approximate surface area is 112 Å². The van der Waals surface area contributed by atoms with E-state index in [-0.39, 0.29) is 11.3 Å². The number of aromatic amines is 1. The summed E-state index contributed by atoms with van der Waals surface area (Å²) in [5.41, 5.74) is 1.70. The minimum absolute atomic E-state index is 0.0669. The van der Waals surface area contributed by atoms with Gasteiger partial charge in [-0.2, -0.15) is 5.10 Å². The van der Waals surface area contributed by atoms with Gasteiger partial charge in [-0.25, -0.2) is 0 Å². The zero-order valence-corrected chi connectivity index (χ0v) is 10.9. The Hall–Kier alpha value is -2.10. The highest BCUT2D eigenvalue weighted by molar-refractivity contribution is 5.99. The molecule has 1 saturated carbocycles. The molecule has 0 saturated heterocycles. The Morgan fingerprint density at radius 3 is 2.58 bits per heavy atom. The Morgan fingerprint density at radius 1 is 1.32 bits per heavy atom. The van der Waals surface area contributed by atoms with Crippen molar-refractivity contribution >= 4 is 11.7 Å². The lowest BCUT2D eigenvalue weighted by atomic mass is 9.64. The average Bonchev–Trinajstić information content (AvgIpc) is 2.75. The molecule has 1 aromatic carbocycles. The van der Waals surface area contributed by atoms with Gasteiger partial charge in [-0.15, -0.1) is 0 Å². The molecule has 0 spiro atoms. The number of aromatic nitrogens is 2. The van der Waals surface area contributed by atoms with Crippen molar-refractivity contribution in [3.05, 3.63) is 47.7 Å². The monoisotopic (exact) mass is 255 g/mol. The molecule has 0 radical (unpaired) electrons. The van der Waals surface area contributed by atoms with Crippen LogP contribution in [0.2, 0.25) is 0 Å². The standard InChI is InChI=1S/C15H17N3O/c1-11-10-16-18-13(11)17-14(19)15(8-5-9-15)12-6-3-2-4-7-12/h2-4,6-7,10H,5,8-9H2,1H3,(H2,16,17,18,19). The van der Waals surface area contributed by atoms with Crippen molar-refractivity contribution in [1.82, 2.24) is 10.2 Å². The number of hydrogen-bond donors (Lipinski definition) is 2. The molecule has 1 aromatic heterocycles. The van der Waals surface area contributed by atoms with Crippen LogP contribution < -0.4 is 5.32 Å². The van der Waals surface area contributed by atoms with Crippen LogP contribution in [0.15, 0.2) is 36.5 Å². The number of hydrogen-bond acceptors (Lipinski definition) is 2. The van der Waals surface area contributed by atoms with Crippen molar-refractivity contribution < 1.29 is 4.79 Å². The van der Waals surface area contributed by atoms with Crippen LogP contribution in [0.25, 0.3) is 0 Å². The molecule has 2 aromatic rings. The minimum Gasteiger partial charge on any atom is -0.310 e. The van der Waals surface area contributed by atoms with Gasteiger partial charge in [0.2, 0.25) is 5.91 Å². The van der Waals surface area contributed by atoms with Gasteiger partial charge >= 0.3 is 0 Å². The number of nitrogens with zero attached hydrogens (tertiary/aromatic N) is 1. The maximum Gasteiger partial charge on any atom is 0.236 e. The molecule has 1 aliphatic carbocycles. The van der Waals surface area contributed by atoms with Crippen molar-refractivity contribution in [2.75, 3.05) is 5.32 Å². The van der Waals surface area contributed by atoms with E-state index in [1.54, 1.807) is 6.20 Å². The Morgan fingerprint density at radius 2 is 2.05 bits per heavy atom. The maximum absolute atomic E-state index is 12.6. The molecule has 0 bridgehead atoms. The molecule has 0 atom stereocenters. The second-order valence-corrected chi connectivity index (χ2v) is 5.18. The van der Waals surface area contributed by atoms with E-state index in [0.717, 1.165) is 30.4 Å². The fourth-order valence-electron chi connectivity index (χ4n) is 2.64. The first kappa shape index (κ1) is 12.0. The maximum atomic E-state index is 12.6. The van der Waals surface area contributed by atoms with Crippen LogP contribution in [0.3, 0.4) is 0 Å². The summed E-state index contributed by atoms with van der Waals surface area (Å²) in [5, 5.41) is 9.73. The molecule has 0 unspecified atom stereocenters. The summed E-state index contributed by atoms with van der Waals surface area (Å²) in [6.45, 7) is 1.93. The lowest BCUT2D eigenvalue weighted by Gasteiger charge is -2.40. The third kappa shape index (κ3) is 1.93. The molecule has 1 amide bonds. The highest BCUT2D eigenvalue weighted by atomic mass is 16.2. The van der Waals surface area contributed by atoms with E-state index in [2.05, 4.69) is 15.5 Å². The van der Waals surface area contributed by atoms with E-state index in [4.69, 9.17) is 0 Å². The van der Waals surface area contributed by atoms with Gasteiger partial charge < -0.3 is 5.32 Å². The molecule has 2 N–H and O–H groups in total. The second kappa shape index (κ2) is 4.53. The number of anilines is 1. The van der Waals surface area contributed by atoms with E-state index in [1.807, 2.05) is 37.3 Å². The quantitative estimate of drug-likeness (QED) is 0.886. The van der Waals surface area contributed by atoms with Crippen LogP contribution in [-0.2, 0) is 10.2 Å². The van der Waals surface area contributed by atoms with Gasteiger partial charge in [-0.3, -0.25) is 9.89 Å². The molecule has 0 aliphatic heterocycles. The average molecular weight is 255 g/mol. The number of rotatable bonds is 3. The number of aryl methyl sites for hydroxylation is 1. The third-order valence-corrected chi connectivity index (χ3v) is 4.04. The second-order valence-electron chi connectivity index (χ2n) is 5.18. The minimum atomic E-state index is -0.362. The Bertz CT molecular complexity index is 584. The number of carbonyl (C=O) groups excluding carboxylic acids is 1. The first-order chi connectivity index (χ1) is 9.22. The summed E-state index contributed by atoms with van der Waals surface area (Å²) in [5.74, 6) is 0.768. The van der Waals surface area contributed by atoms with Crippen LogP contribution in [0.1, 0.15) is 30.4 Å². The normalized spacial score (nSPS) is 16.7. The third-order valence-electron chi connectivity index (χ3n) is 4.04. The Balaban J connectivity index is 1.87. The predicted molar refractivity (Wildman–Crippen MR) is 73.9 cm³/mol. The number of benzene rings is 1.